The highest BCUT2D eigenvalue weighted by atomic mass is 16.5. The summed E-state index contributed by atoms with van der Waals surface area (Å²) in [5, 5.41) is 38.7. The summed E-state index contributed by atoms with van der Waals surface area (Å²) in [5.41, 5.74) is 14.1. The van der Waals surface area contributed by atoms with Gasteiger partial charge in [0.2, 0.25) is 0 Å². The number of azo groups is 3. The van der Waals surface area contributed by atoms with Crippen LogP contribution in [0.25, 0.3) is 10.8 Å². The molecule has 0 amide bonds. The molecule has 0 unspecified atom stereocenters. The molecular formula is C33H31N7O2. The van der Waals surface area contributed by atoms with Gasteiger partial charge < -0.3 is 15.6 Å². The van der Waals surface area contributed by atoms with E-state index >= 15 is 0 Å². The molecule has 0 bridgehead atoms. The summed E-state index contributed by atoms with van der Waals surface area (Å²) in [7, 11) is 1.58. The number of hydrogen-bond donors (Lipinski definition) is 2. The molecule has 0 aromatic heterocycles. The molecule has 3 N–H and O–H groups in total. The summed E-state index contributed by atoms with van der Waals surface area (Å²) < 4.78 is 5.52. The van der Waals surface area contributed by atoms with Gasteiger partial charge in [0.15, 0.2) is 5.75 Å². The average Bonchev–Trinajstić information content (AvgIpc) is 2.97. The third-order valence-corrected chi connectivity index (χ3v) is 6.93. The van der Waals surface area contributed by atoms with Crippen LogP contribution in [-0.4, -0.2) is 12.2 Å². The number of aromatic hydroxyl groups is 1. The maximum atomic E-state index is 10.9. The third kappa shape index (κ3) is 6.00. The van der Waals surface area contributed by atoms with Gasteiger partial charge in [-0.15, -0.1) is 10.2 Å². The second-order valence-electron chi connectivity index (χ2n) is 10.0. The van der Waals surface area contributed by atoms with E-state index in [4.69, 9.17) is 10.5 Å². The lowest BCUT2D eigenvalue weighted by atomic mass is 10.0. The van der Waals surface area contributed by atoms with Gasteiger partial charge >= 0.3 is 0 Å². The molecule has 0 aliphatic heterocycles. The lowest BCUT2D eigenvalue weighted by Gasteiger charge is -2.10. The zero-order valence-corrected chi connectivity index (χ0v) is 24.1. The van der Waals surface area contributed by atoms with Crippen molar-refractivity contribution in [2.45, 2.75) is 27.7 Å². The Bertz CT molecular complexity index is 1890. The van der Waals surface area contributed by atoms with Gasteiger partial charge in [0.25, 0.3) is 0 Å². The number of nitrogens with zero attached hydrogens (tertiary/aromatic N) is 6. The Morgan fingerprint density at radius 3 is 1.95 bits per heavy atom. The number of benzene rings is 5. The minimum absolute atomic E-state index is 0.0548. The van der Waals surface area contributed by atoms with Gasteiger partial charge in [0.1, 0.15) is 17.1 Å². The number of nitrogen functional groups attached to an aromatic ring is 1. The molecular weight excluding hydrogens is 526 g/mol. The maximum absolute atomic E-state index is 10.9. The topological polar surface area (TPSA) is 130 Å². The molecule has 5 aromatic rings. The van der Waals surface area contributed by atoms with Gasteiger partial charge in [0, 0.05) is 17.1 Å². The van der Waals surface area contributed by atoms with E-state index in [0.29, 0.717) is 45.3 Å². The molecule has 42 heavy (non-hydrogen) atoms. The van der Waals surface area contributed by atoms with Crippen LogP contribution in [0.4, 0.5) is 39.8 Å². The number of methoxy groups -OCH3 is 1. The molecule has 0 aliphatic carbocycles. The van der Waals surface area contributed by atoms with E-state index in [1.807, 2.05) is 82.3 Å². The smallest absolute Gasteiger partial charge is 0.151 e. The summed E-state index contributed by atoms with van der Waals surface area (Å²) in [5.74, 6) is 0.588. The van der Waals surface area contributed by atoms with Gasteiger partial charge in [-0.3, -0.25) is 0 Å². The zero-order chi connectivity index (χ0) is 29.8. The highest BCUT2D eigenvalue weighted by Crippen LogP contribution is 2.40. The van der Waals surface area contributed by atoms with E-state index in [-0.39, 0.29) is 5.75 Å². The van der Waals surface area contributed by atoms with Gasteiger partial charge in [0.05, 0.1) is 29.9 Å². The van der Waals surface area contributed by atoms with E-state index in [2.05, 4.69) is 30.7 Å². The Hall–Kier alpha value is -5.44. The van der Waals surface area contributed by atoms with Crippen molar-refractivity contribution in [2.24, 2.45) is 30.7 Å². The first kappa shape index (κ1) is 28.1. The van der Waals surface area contributed by atoms with E-state index in [1.165, 1.54) is 0 Å². The normalized spacial score (nSPS) is 11.8. The molecule has 0 aliphatic rings. The van der Waals surface area contributed by atoms with Crippen LogP contribution in [0.3, 0.4) is 0 Å². The molecule has 0 radical (unpaired) electrons. The molecule has 9 nitrogen and oxygen atoms in total. The lowest BCUT2D eigenvalue weighted by Crippen LogP contribution is -1.90. The van der Waals surface area contributed by atoms with E-state index in [9.17, 15) is 5.11 Å². The number of anilines is 1. The van der Waals surface area contributed by atoms with Crippen LogP contribution in [0.1, 0.15) is 22.3 Å². The van der Waals surface area contributed by atoms with E-state index < -0.39 is 0 Å². The molecule has 0 atom stereocenters. The monoisotopic (exact) mass is 557 g/mol. The molecule has 210 valence electrons. The highest BCUT2D eigenvalue weighted by molar-refractivity contribution is 5.96. The summed E-state index contributed by atoms with van der Waals surface area (Å²) in [6, 6.07) is 24.3. The third-order valence-electron chi connectivity index (χ3n) is 6.93. The Balaban J connectivity index is 1.34. The van der Waals surface area contributed by atoms with Crippen LogP contribution in [0, 0.1) is 27.7 Å². The molecule has 5 rings (SSSR count). The number of ether oxygens (including phenoxy) is 1. The second-order valence-corrected chi connectivity index (χ2v) is 10.0. The van der Waals surface area contributed by atoms with Crippen LogP contribution in [0.15, 0.2) is 110 Å². The van der Waals surface area contributed by atoms with Crippen molar-refractivity contribution in [1.29, 1.82) is 0 Å². The van der Waals surface area contributed by atoms with Crippen molar-refractivity contribution in [1.82, 2.24) is 0 Å². The van der Waals surface area contributed by atoms with Crippen LogP contribution >= 0.6 is 0 Å². The van der Waals surface area contributed by atoms with Gasteiger partial charge in [-0.25, -0.2) is 0 Å². The quantitative estimate of drug-likeness (QED) is 0.152. The van der Waals surface area contributed by atoms with E-state index in [1.54, 1.807) is 31.4 Å². The summed E-state index contributed by atoms with van der Waals surface area (Å²) >= 11 is 0. The first-order valence-corrected chi connectivity index (χ1v) is 13.4. The second kappa shape index (κ2) is 12.0. The zero-order valence-electron chi connectivity index (χ0n) is 24.1. The Morgan fingerprint density at radius 1 is 0.595 bits per heavy atom. The van der Waals surface area contributed by atoms with Crippen LogP contribution in [0.5, 0.6) is 11.5 Å². The SMILES string of the molecule is COc1cc(N=Nc2ccccc2C)ccc1N=Nc1ccc(N=Nc2c(C)cc3cc(C)c(N)cc3c2O)cc1C. The molecule has 9 heteroatoms. The fourth-order valence-electron chi connectivity index (χ4n) is 4.44. The number of phenolic OH excluding ortho intramolecular Hbond substituents is 1. The Kier molecular flexibility index (Phi) is 8.01. The lowest BCUT2D eigenvalue weighted by molar-refractivity contribution is 0.416. The van der Waals surface area contributed by atoms with Crippen molar-refractivity contribution in [3.63, 3.8) is 0 Å². The van der Waals surface area contributed by atoms with Gasteiger partial charge in [-0.1, -0.05) is 18.2 Å². The van der Waals surface area contributed by atoms with Crippen molar-refractivity contribution in [3.8, 4) is 11.5 Å². The fraction of sp³-hybridized carbons (Fsp3) is 0.152. The first-order chi connectivity index (χ1) is 20.2. The van der Waals surface area contributed by atoms with Crippen molar-refractivity contribution >= 4 is 50.6 Å². The molecule has 0 saturated heterocycles. The van der Waals surface area contributed by atoms with Crippen LogP contribution in [0.2, 0.25) is 0 Å². The standard InChI is InChI=1S/C33H31N7O2/c1-19-8-6-7-9-28(19)37-35-25-11-13-30(31(17-25)42-5)39-38-29-12-10-24(16-21(29)3)36-40-32-22(4)15-23-14-20(2)27(34)18-26(23)33(32)41/h6-18,41H,34H2,1-5H3. The minimum Gasteiger partial charge on any atom is -0.505 e. The number of phenols is 1. The summed E-state index contributed by atoms with van der Waals surface area (Å²) in [4.78, 5) is 0. The number of rotatable bonds is 7. The predicted octanol–water partition coefficient (Wildman–Crippen LogP) is 10.6. The predicted molar refractivity (Wildman–Crippen MR) is 167 cm³/mol. The summed E-state index contributed by atoms with van der Waals surface area (Å²) in [6.07, 6.45) is 0. The largest absolute Gasteiger partial charge is 0.505 e. The molecule has 5 aromatic carbocycles. The molecule has 0 saturated carbocycles. The summed E-state index contributed by atoms with van der Waals surface area (Å²) in [6.45, 7) is 7.74. The van der Waals surface area contributed by atoms with Crippen molar-refractivity contribution in [3.05, 3.63) is 101 Å². The van der Waals surface area contributed by atoms with Crippen molar-refractivity contribution in [2.75, 3.05) is 12.8 Å². The Labute approximate surface area is 244 Å². The fourth-order valence-corrected chi connectivity index (χ4v) is 4.44. The minimum atomic E-state index is 0.0548. The first-order valence-electron chi connectivity index (χ1n) is 13.4. The number of hydrogen-bond acceptors (Lipinski definition) is 9. The van der Waals surface area contributed by atoms with E-state index in [0.717, 1.165) is 33.3 Å². The number of aryl methyl sites for hydroxylation is 4. The van der Waals surface area contributed by atoms with Crippen LogP contribution < -0.4 is 10.5 Å². The number of nitrogens with two attached hydrogens (primary N) is 1. The van der Waals surface area contributed by atoms with Gasteiger partial charge in [-0.05, 0) is 110 Å². The highest BCUT2D eigenvalue weighted by Gasteiger charge is 2.12. The molecule has 0 fully saturated rings. The van der Waals surface area contributed by atoms with Crippen molar-refractivity contribution < 1.29 is 9.84 Å². The molecule has 0 spiro atoms. The van der Waals surface area contributed by atoms with Gasteiger partial charge in [-0.2, -0.15) is 20.5 Å². The maximum Gasteiger partial charge on any atom is 0.151 e. The average molecular weight is 558 g/mol. The Morgan fingerprint density at radius 2 is 1.21 bits per heavy atom. The number of fused-ring (bicyclic) bond motifs is 1. The van der Waals surface area contributed by atoms with Crippen LogP contribution in [-0.2, 0) is 0 Å². The molecule has 0 heterocycles.